The van der Waals surface area contributed by atoms with E-state index >= 15 is 0 Å². The molecule has 144 valence electrons. The Bertz CT molecular complexity index is 2010. The van der Waals surface area contributed by atoms with E-state index in [2.05, 4.69) is 70.2 Å². The lowest BCUT2D eigenvalue weighted by atomic mass is 10.0. The molecular formula is C26H13N3S2. The summed E-state index contributed by atoms with van der Waals surface area (Å²) in [6, 6.07) is 20.0. The standard InChI is InChI=1S/C26H13N3S2/c1-2-4-18-16(3-1)22-19(30-18)7-8-20-23(22)24-21(31-20)6-5-15-14-9-10-27-13-17(14)26-28-11-12-29(26)25(15)24/h1-13H. The second-order valence-electron chi connectivity index (χ2n) is 7.89. The van der Waals surface area contributed by atoms with Crippen molar-refractivity contribution in [3.63, 3.8) is 0 Å². The molecular weight excluding hydrogens is 418 g/mol. The number of hydrogen-bond donors (Lipinski definition) is 0. The molecule has 0 aliphatic carbocycles. The van der Waals surface area contributed by atoms with Crippen LogP contribution in [0.3, 0.4) is 0 Å². The summed E-state index contributed by atoms with van der Waals surface area (Å²) in [7, 11) is 0. The molecule has 0 fully saturated rings. The number of hydrogen-bond acceptors (Lipinski definition) is 4. The number of benzene rings is 3. The molecule has 8 aromatic rings. The molecule has 5 heteroatoms. The highest BCUT2D eigenvalue weighted by molar-refractivity contribution is 7.28. The fourth-order valence-electron chi connectivity index (χ4n) is 5.11. The van der Waals surface area contributed by atoms with E-state index in [1.54, 1.807) is 0 Å². The summed E-state index contributed by atoms with van der Waals surface area (Å²) in [6.07, 6.45) is 7.78. The molecule has 0 aliphatic rings. The van der Waals surface area contributed by atoms with Crippen molar-refractivity contribution < 1.29 is 0 Å². The molecule has 0 saturated carbocycles. The Labute approximate surface area is 183 Å². The lowest BCUT2D eigenvalue weighted by Crippen LogP contribution is -1.91. The molecule has 3 aromatic carbocycles. The van der Waals surface area contributed by atoms with E-state index in [4.69, 9.17) is 4.98 Å². The molecule has 0 amide bonds. The van der Waals surface area contributed by atoms with Crippen molar-refractivity contribution in [2.45, 2.75) is 0 Å². The van der Waals surface area contributed by atoms with Crippen LogP contribution in [0.2, 0.25) is 0 Å². The Balaban J connectivity index is 1.77. The van der Waals surface area contributed by atoms with Crippen molar-refractivity contribution in [2.75, 3.05) is 0 Å². The van der Waals surface area contributed by atoms with Gasteiger partial charge in [0.1, 0.15) is 5.65 Å². The van der Waals surface area contributed by atoms with Crippen LogP contribution < -0.4 is 0 Å². The van der Waals surface area contributed by atoms with E-state index < -0.39 is 0 Å². The summed E-state index contributed by atoms with van der Waals surface area (Å²) in [5.41, 5.74) is 2.20. The average molecular weight is 432 g/mol. The van der Waals surface area contributed by atoms with E-state index in [1.165, 1.54) is 56.6 Å². The Morgan fingerprint density at radius 1 is 0.613 bits per heavy atom. The van der Waals surface area contributed by atoms with E-state index in [0.29, 0.717) is 0 Å². The fourth-order valence-corrected chi connectivity index (χ4v) is 7.34. The van der Waals surface area contributed by atoms with Gasteiger partial charge in [0.2, 0.25) is 0 Å². The Morgan fingerprint density at radius 3 is 2.39 bits per heavy atom. The molecule has 5 aromatic heterocycles. The number of nitrogens with zero attached hydrogens (tertiary/aromatic N) is 3. The first kappa shape index (κ1) is 16.2. The summed E-state index contributed by atoms with van der Waals surface area (Å²) in [5, 5.41) is 8.94. The molecule has 8 rings (SSSR count). The number of rotatable bonds is 0. The summed E-state index contributed by atoms with van der Waals surface area (Å²) < 4.78 is 7.59. The first-order valence-electron chi connectivity index (χ1n) is 10.2. The van der Waals surface area contributed by atoms with Gasteiger partial charge in [-0.1, -0.05) is 24.3 Å². The van der Waals surface area contributed by atoms with Crippen LogP contribution in [-0.4, -0.2) is 14.4 Å². The largest absolute Gasteiger partial charge is 0.298 e. The minimum atomic E-state index is 0.963. The third kappa shape index (κ3) is 1.93. The number of fused-ring (bicyclic) bond motifs is 14. The summed E-state index contributed by atoms with van der Waals surface area (Å²) in [5.74, 6) is 0. The molecule has 3 nitrogen and oxygen atoms in total. The van der Waals surface area contributed by atoms with Gasteiger partial charge in [0.15, 0.2) is 0 Å². The van der Waals surface area contributed by atoms with Crippen molar-refractivity contribution in [3.8, 4) is 0 Å². The first-order valence-corrected chi connectivity index (χ1v) is 11.8. The molecule has 0 N–H and O–H groups in total. The molecule has 0 radical (unpaired) electrons. The quantitative estimate of drug-likeness (QED) is 0.230. The van der Waals surface area contributed by atoms with Crippen LogP contribution in [0.4, 0.5) is 0 Å². The maximum absolute atomic E-state index is 4.70. The van der Waals surface area contributed by atoms with Crippen LogP contribution in [0.1, 0.15) is 0 Å². The fraction of sp³-hybridized carbons (Fsp3) is 0. The van der Waals surface area contributed by atoms with Gasteiger partial charge in [0.25, 0.3) is 0 Å². The van der Waals surface area contributed by atoms with Crippen molar-refractivity contribution in [3.05, 3.63) is 79.4 Å². The highest BCUT2D eigenvalue weighted by Gasteiger charge is 2.18. The predicted molar refractivity (Wildman–Crippen MR) is 134 cm³/mol. The average Bonchev–Trinajstić information content (AvgIpc) is 3.53. The zero-order valence-electron chi connectivity index (χ0n) is 16.2. The number of aromatic nitrogens is 3. The van der Waals surface area contributed by atoms with Gasteiger partial charge in [0.05, 0.1) is 5.52 Å². The second-order valence-corrected chi connectivity index (χ2v) is 10.1. The number of pyridine rings is 2. The van der Waals surface area contributed by atoms with Crippen molar-refractivity contribution in [1.29, 1.82) is 0 Å². The van der Waals surface area contributed by atoms with E-state index in [1.807, 2.05) is 41.3 Å². The number of imidazole rings is 1. The molecule has 0 bridgehead atoms. The monoisotopic (exact) mass is 431 g/mol. The van der Waals surface area contributed by atoms with E-state index in [0.717, 1.165) is 11.0 Å². The van der Waals surface area contributed by atoms with Gasteiger partial charge in [-0.05, 0) is 35.7 Å². The Morgan fingerprint density at radius 2 is 1.42 bits per heavy atom. The molecule has 0 saturated heterocycles. The van der Waals surface area contributed by atoms with Gasteiger partial charge in [-0.15, -0.1) is 22.7 Å². The van der Waals surface area contributed by atoms with Crippen molar-refractivity contribution in [2.24, 2.45) is 0 Å². The molecule has 5 heterocycles. The topological polar surface area (TPSA) is 30.2 Å². The molecule has 31 heavy (non-hydrogen) atoms. The lowest BCUT2D eigenvalue weighted by Gasteiger charge is -2.10. The van der Waals surface area contributed by atoms with Crippen LogP contribution in [0, 0.1) is 0 Å². The zero-order valence-corrected chi connectivity index (χ0v) is 17.8. The van der Waals surface area contributed by atoms with Crippen LogP contribution in [0.5, 0.6) is 0 Å². The third-order valence-electron chi connectivity index (χ3n) is 6.35. The number of thiophene rings is 2. The van der Waals surface area contributed by atoms with Gasteiger partial charge >= 0.3 is 0 Å². The van der Waals surface area contributed by atoms with Gasteiger partial charge in [-0.25, -0.2) is 4.98 Å². The summed E-state index contributed by atoms with van der Waals surface area (Å²) in [4.78, 5) is 9.07. The zero-order chi connectivity index (χ0) is 20.1. The summed E-state index contributed by atoms with van der Waals surface area (Å²) in [6.45, 7) is 0. The normalized spacial score (nSPS) is 12.5. The van der Waals surface area contributed by atoms with Gasteiger partial charge in [0, 0.05) is 75.9 Å². The smallest absolute Gasteiger partial charge is 0.146 e. The van der Waals surface area contributed by atoms with Crippen LogP contribution in [0.25, 0.3) is 67.7 Å². The maximum atomic E-state index is 4.70. The summed E-state index contributed by atoms with van der Waals surface area (Å²) >= 11 is 3.76. The van der Waals surface area contributed by atoms with Crippen molar-refractivity contribution in [1.82, 2.24) is 14.4 Å². The maximum Gasteiger partial charge on any atom is 0.146 e. The van der Waals surface area contributed by atoms with E-state index in [9.17, 15) is 0 Å². The second kappa shape index (κ2) is 5.58. The first-order chi connectivity index (χ1) is 15.4. The van der Waals surface area contributed by atoms with E-state index in [-0.39, 0.29) is 0 Å². The van der Waals surface area contributed by atoms with Gasteiger partial charge in [-0.3, -0.25) is 9.38 Å². The van der Waals surface area contributed by atoms with Crippen LogP contribution in [-0.2, 0) is 0 Å². The molecule has 0 spiro atoms. The van der Waals surface area contributed by atoms with Crippen LogP contribution >= 0.6 is 22.7 Å². The SMILES string of the molecule is c1ccc2c(c1)sc1ccc3sc4ccc5c6ccncc6c6nccn6c5c4c3c12. The van der Waals surface area contributed by atoms with Gasteiger partial charge < -0.3 is 0 Å². The molecule has 0 atom stereocenters. The predicted octanol–water partition coefficient (Wildman–Crippen LogP) is 7.77. The van der Waals surface area contributed by atoms with Crippen molar-refractivity contribution >= 4 is 90.3 Å². The lowest BCUT2D eigenvalue weighted by molar-refractivity contribution is 1.27. The minimum Gasteiger partial charge on any atom is -0.298 e. The third-order valence-corrected chi connectivity index (χ3v) is 8.60. The Hall–Kier alpha value is -3.54. The minimum absolute atomic E-state index is 0.963. The highest BCUT2D eigenvalue weighted by atomic mass is 32.1. The molecule has 0 aliphatic heterocycles. The van der Waals surface area contributed by atoms with Gasteiger partial charge in [-0.2, -0.15) is 0 Å². The Kier molecular flexibility index (Phi) is 2.91. The molecule has 0 unspecified atom stereocenters. The highest BCUT2D eigenvalue weighted by Crippen LogP contribution is 2.47. The van der Waals surface area contributed by atoms with Crippen LogP contribution in [0.15, 0.2) is 79.4 Å².